The molecule has 3 saturated carbocycles. The number of terminal acetylenes is 1. The molecular formula is C45H78O5. The van der Waals surface area contributed by atoms with Gasteiger partial charge in [0.2, 0.25) is 0 Å². The Morgan fingerprint density at radius 2 is 1.40 bits per heavy atom. The summed E-state index contributed by atoms with van der Waals surface area (Å²) in [4.78, 5) is 32.1. The van der Waals surface area contributed by atoms with Crippen molar-refractivity contribution in [2.75, 3.05) is 13.7 Å². The minimum atomic E-state index is -0.118. The van der Waals surface area contributed by atoms with E-state index in [0.29, 0.717) is 53.4 Å². The molecule has 50 heavy (non-hydrogen) atoms. The Kier molecular flexibility index (Phi) is 22.5. The van der Waals surface area contributed by atoms with Gasteiger partial charge in [-0.1, -0.05) is 106 Å². The van der Waals surface area contributed by atoms with E-state index in [1.54, 1.807) is 6.08 Å². The van der Waals surface area contributed by atoms with E-state index in [4.69, 9.17) is 5.11 Å². The number of carbonyl (C=O) groups is 3. The van der Waals surface area contributed by atoms with Gasteiger partial charge >= 0.3 is 0 Å². The number of aliphatic hydroxyl groups is 2. The van der Waals surface area contributed by atoms with Crippen molar-refractivity contribution in [1.29, 1.82) is 0 Å². The van der Waals surface area contributed by atoms with Gasteiger partial charge in [0, 0.05) is 25.0 Å². The molecule has 12 atom stereocenters. The average Bonchev–Trinajstić information content (AvgIpc) is 3.43. The highest BCUT2D eigenvalue weighted by Gasteiger charge is 2.66. The molecule has 0 bridgehead atoms. The first kappa shape index (κ1) is 49.8. The molecule has 4 aliphatic rings. The van der Waals surface area contributed by atoms with Crippen molar-refractivity contribution in [3.8, 4) is 12.8 Å². The molecule has 5 heteroatoms. The summed E-state index contributed by atoms with van der Waals surface area (Å²) in [6, 6.07) is 0. The molecule has 0 radical (unpaired) electrons. The Hall–Kier alpha value is -2.29. The van der Waals surface area contributed by atoms with Gasteiger partial charge in [-0.2, -0.15) is 0 Å². The summed E-state index contributed by atoms with van der Waals surface area (Å²) in [6.07, 6.45) is 22.6. The molecule has 0 aromatic carbocycles. The fourth-order valence-corrected chi connectivity index (χ4v) is 10.7. The number of allylic oxidation sites excluding steroid dienone is 4. The number of aliphatic hydroxyl groups excluding tert-OH is 2. The lowest BCUT2D eigenvalue weighted by atomic mass is 9.46. The molecule has 4 rings (SSSR count). The highest BCUT2D eigenvalue weighted by Crippen LogP contribution is 2.72. The molecule has 288 valence electrons. The fraction of sp³-hybridized carbons (Fsp3) is 0.756. The number of Topliss-reactive ketones (excluding diaryl/α,β-unsaturated/α-hetero) is 1. The monoisotopic (exact) mass is 699 g/mol. The van der Waals surface area contributed by atoms with Crippen LogP contribution in [0, 0.1) is 82.4 Å². The normalized spacial score (nSPS) is 36.0. The summed E-state index contributed by atoms with van der Waals surface area (Å²) in [6.45, 7) is 35.2. The van der Waals surface area contributed by atoms with Crippen LogP contribution in [-0.4, -0.2) is 41.3 Å². The van der Waals surface area contributed by atoms with Crippen LogP contribution in [-0.2, 0) is 14.4 Å². The molecule has 0 aromatic rings. The van der Waals surface area contributed by atoms with Gasteiger partial charge in [0.1, 0.15) is 5.78 Å². The molecule has 11 unspecified atom stereocenters. The topological polar surface area (TPSA) is 91.7 Å². The van der Waals surface area contributed by atoms with Crippen molar-refractivity contribution in [3.05, 3.63) is 37.0 Å². The Labute approximate surface area is 309 Å². The van der Waals surface area contributed by atoms with E-state index in [1.807, 2.05) is 13.8 Å². The van der Waals surface area contributed by atoms with Crippen molar-refractivity contribution < 1.29 is 24.6 Å². The second kappa shape index (κ2) is 22.6. The fourth-order valence-electron chi connectivity index (χ4n) is 10.7. The van der Waals surface area contributed by atoms with Crippen molar-refractivity contribution in [1.82, 2.24) is 0 Å². The molecule has 0 aromatic heterocycles. The Balaban J connectivity index is 0. The van der Waals surface area contributed by atoms with Crippen molar-refractivity contribution in [2.45, 2.75) is 135 Å². The summed E-state index contributed by atoms with van der Waals surface area (Å²) in [7, 11) is 1.00. The maximum atomic E-state index is 13.0. The first-order chi connectivity index (χ1) is 23.4. The second-order valence-electron chi connectivity index (χ2n) is 16.1. The van der Waals surface area contributed by atoms with Crippen LogP contribution in [0.2, 0.25) is 0 Å². The smallest absolute Gasteiger partial charge is 0.158 e. The van der Waals surface area contributed by atoms with E-state index in [9.17, 15) is 19.5 Å². The predicted molar refractivity (Wildman–Crippen MR) is 213 cm³/mol. The summed E-state index contributed by atoms with van der Waals surface area (Å²) in [5.74, 6) is 4.97. The third-order valence-corrected chi connectivity index (χ3v) is 13.5. The van der Waals surface area contributed by atoms with Crippen molar-refractivity contribution >= 4 is 17.3 Å². The third kappa shape index (κ3) is 10.9. The average molecular weight is 699 g/mol. The standard InChI is InChI=1S/C33H54O2.C4H6O.C3H6O.C2H6.C2H2.CH4O/c1-10-28(35)24(6)33(9)23(5)17-20(2)30-27(33)18-26-29(21(3)19-34)25(14-16-32(26,30)8)31(7)15-12-11-13-22(31)4;1-3-4(2)5;1-3(2)4;3*1-2/h10,17,20-22,24-27,29-30,34H,1,11-16,18-19H2,2-9H3;3H,1H2,2H3;1-2H3;1-2H3;1-2H;2H,1H3/t20-,21?,22?,24?,25?,26?,27?,29?,30?,31?,32?,33?;;;;;/m1...../s1. The Morgan fingerprint density at radius 1 is 0.900 bits per heavy atom. The predicted octanol–water partition coefficient (Wildman–Crippen LogP) is 10.4. The number of hydrogen-bond donors (Lipinski definition) is 2. The minimum absolute atomic E-state index is 0.0185. The van der Waals surface area contributed by atoms with Crippen molar-refractivity contribution in [3.63, 3.8) is 0 Å². The number of hydrogen-bond acceptors (Lipinski definition) is 5. The molecule has 0 spiro atoms. The van der Waals surface area contributed by atoms with Crippen LogP contribution in [0.3, 0.4) is 0 Å². The summed E-state index contributed by atoms with van der Waals surface area (Å²) in [5.41, 5.74) is 1.95. The number of carbonyl (C=O) groups excluding carboxylic acids is 3. The van der Waals surface area contributed by atoms with Crippen LogP contribution < -0.4 is 0 Å². The van der Waals surface area contributed by atoms with Crippen LogP contribution in [0.25, 0.3) is 0 Å². The van der Waals surface area contributed by atoms with Gasteiger partial charge in [-0.05, 0) is 124 Å². The molecule has 0 amide bonds. The van der Waals surface area contributed by atoms with Crippen LogP contribution in [0.4, 0.5) is 0 Å². The second-order valence-corrected chi connectivity index (χ2v) is 16.1. The SMILES string of the molecule is C#C.C=CC(=O)C(C)C1(C)C(C)=C[C@@H](C)C2C1CC1C(C(C)CO)C(C3(C)CCCCC3C)CCC12C.C=CC(C)=O.CC.CC(C)=O.CO. The van der Waals surface area contributed by atoms with E-state index < -0.39 is 0 Å². The lowest BCUT2D eigenvalue weighted by Crippen LogP contribution is -2.52. The van der Waals surface area contributed by atoms with Gasteiger partial charge in [0.25, 0.3) is 0 Å². The highest BCUT2D eigenvalue weighted by molar-refractivity contribution is 5.92. The van der Waals surface area contributed by atoms with Crippen LogP contribution in [0.1, 0.15) is 135 Å². The lowest BCUT2D eigenvalue weighted by Gasteiger charge is -2.59. The maximum Gasteiger partial charge on any atom is 0.158 e. The zero-order valence-corrected chi connectivity index (χ0v) is 34.8. The van der Waals surface area contributed by atoms with Crippen LogP contribution in [0.15, 0.2) is 37.0 Å². The van der Waals surface area contributed by atoms with Gasteiger partial charge in [-0.15, -0.1) is 12.8 Å². The summed E-state index contributed by atoms with van der Waals surface area (Å²) < 4.78 is 0. The first-order valence-corrected chi connectivity index (χ1v) is 19.2. The highest BCUT2D eigenvalue weighted by atomic mass is 16.3. The molecule has 2 N–H and O–H groups in total. The number of fused-ring (bicyclic) bond motifs is 3. The number of rotatable bonds is 7. The third-order valence-electron chi connectivity index (χ3n) is 13.5. The van der Waals surface area contributed by atoms with E-state index in [1.165, 1.54) is 77.4 Å². The first-order valence-electron chi connectivity index (χ1n) is 19.2. The van der Waals surface area contributed by atoms with Gasteiger partial charge in [-0.3, -0.25) is 9.59 Å². The Bertz CT molecular complexity index is 1130. The van der Waals surface area contributed by atoms with E-state index in [-0.39, 0.29) is 34.1 Å². The number of ketones is 3. The molecule has 5 nitrogen and oxygen atoms in total. The largest absolute Gasteiger partial charge is 0.400 e. The summed E-state index contributed by atoms with van der Waals surface area (Å²) in [5, 5.41) is 17.5. The minimum Gasteiger partial charge on any atom is -0.400 e. The van der Waals surface area contributed by atoms with E-state index in [0.717, 1.165) is 13.0 Å². The summed E-state index contributed by atoms with van der Waals surface area (Å²) >= 11 is 0. The zero-order valence-electron chi connectivity index (χ0n) is 34.8. The van der Waals surface area contributed by atoms with Crippen LogP contribution >= 0.6 is 0 Å². The molecule has 0 aliphatic heterocycles. The molecule has 4 aliphatic carbocycles. The van der Waals surface area contributed by atoms with E-state index in [2.05, 4.69) is 87.5 Å². The molecule has 3 fully saturated rings. The van der Waals surface area contributed by atoms with Crippen molar-refractivity contribution in [2.24, 2.45) is 69.5 Å². The van der Waals surface area contributed by atoms with Crippen LogP contribution in [0.5, 0.6) is 0 Å². The van der Waals surface area contributed by atoms with Gasteiger partial charge in [0.15, 0.2) is 11.6 Å². The van der Waals surface area contributed by atoms with Gasteiger partial charge in [0.05, 0.1) is 0 Å². The maximum absolute atomic E-state index is 13.0. The van der Waals surface area contributed by atoms with Gasteiger partial charge < -0.3 is 15.0 Å². The quantitative estimate of drug-likeness (QED) is 0.157. The molecule has 0 heterocycles. The van der Waals surface area contributed by atoms with E-state index >= 15 is 0 Å². The zero-order chi connectivity index (χ0) is 39.8. The molecule has 0 saturated heterocycles. The lowest BCUT2D eigenvalue weighted by molar-refractivity contribution is -0.123. The Morgan fingerprint density at radius 3 is 1.82 bits per heavy atom. The van der Waals surface area contributed by atoms with Gasteiger partial charge in [-0.25, -0.2) is 0 Å². The molecular weight excluding hydrogens is 620 g/mol.